The minimum absolute atomic E-state index is 0.00849. The first-order chi connectivity index (χ1) is 9.22. The smallest absolute Gasteiger partial charge is 0.243 e. The maximum Gasteiger partial charge on any atom is 0.243 e. The van der Waals surface area contributed by atoms with Crippen LogP contribution in [-0.2, 0) is 14.3 Å². The lowest BCUT2D eigenvalue weighted by atomic mass is 9.79. The molecule has 0 saturated carbocycles. The molecule has 2 rings (SSSR count). The number of carbonyl (C=O) groups is 1. The highest BCUT2D eigenvalue weighted by molar-refractivity contribution is 5.85. The first-order valence-electron chi connectivity index (χ1n) is 6.99. The number of carbonyl (C=O) groups excluding carboxylic acids is 1. The van der Waals surface area contributed by atoms with Gasteiger partial charge in [-0.2, -0.15) is 5.26 Å². The van der Waals surface area contributed by atoms with Crippen molar-refractivity contribution in [3.63, 3.8) is 0 Å². The normalized spacial score (nSPS) is 23.9. The standard InChI is InChI=1S/C14H22N2O3/c1-18-10-12-2-6-16(7-3-12)13(17)14(11-15)4-8-19-9-5-14/h12H,2-10H2,1H3. The van der Waals surface area contributed by atoms with E-state index in [4.69, 9.17) is 9.47 Å². The SMILES string of the molecule is COCC1CCN(C(=O)C2(C#N)CCOCC2)CC1. The van der Waals surface area contributed by atoms with E-state index in [-0.39, 0.29) is 5.91 Å². The molecular formula is C14H22N2O3. The van der Waals surface area contributed by atoms with Crippen LogP contribution in [0.4, 0.5) is 0 Å². The fourth-order valence-electron chi connectivity index (χ4n) is 2.93. The van der Waals surface area contributed by atoms with Crippen molar-refractivity contribution in [2.75, 3.05) is 40.0 Å². The van der Waals surface area contributed by atoms with Gasteiger partial charge in [-0.15, -0.1) is 0 Å². The average Bonchev–Trinajstić information content (AvgIpc) is 2.48. The van der Waals surface area contributed by atoms with Gasteiger partial charge in [-0.25, -0.2) is 0 Å². The molecule has 0 aromatic carbocycles. The van der Waals surface area contributed by atoms with E-state index in [1.165, 1.54) is 0 Å². The van der Waals surface area contributed by atoms with E-state index in [0.717, 1.165) is 32.5 Å². The summed E-state index contributed by atoms with van der Waals surface area (Å²) < 4.78 is 10.4. The number of likely N-dealkylation sites (tertiary alicyclic amines) is 1. The van der Waals surface area contributed by atoms with Crippen LogP contribution in [-0.4, -0.2) is 50.8 Å². The molecule has 2 fully saturated rings. The molecule has 19 heavy (non-hydrogen) atoms. The second-order valence-electron chi connectivity index (χ2n) is 5.50. The maximum absolute atomic E-state index is 12.6. The molecule has 0 bridgehead atoms. The fraction of sp³-hybridized carbons (Fsp3) is 0.857. The van der Waals surface area contributed by atoms with E-state index in [9.17, 15) is 10.1 Å². The first kappa shape index (κ1) is 14.3. The van der Waals surface area contributed by atoms with E-state index < -0.39 is 5.41 Å². The van der Waals surface area contributed by atoms with Crippen molar-refractivity contribution in [1.82, 2.24) is 4.90 Å². The molecule has 1 amide bonds. The highest BCUT2D eigenvalue weighted by atomic mass is 16.5. The van der Waals surface area contributed by atoms with Crippen molar-refractivity contribution in [3.05, 3.63) is 0 Å². The number of rotatable bonds is 3. The van der Waals surface area contributed by atoms with Gasteiger partial charge in [-0.1, -0.05) is 0 Å². The largest absolute Gasteiger partial charge is 0.384 e. The molecule has 2 heterocycles. The van der Waals surface area contributed by atoms with Crippen LogP contribution in [0.15, 0.2) is 0 Å². The Hall–Kier alpha value is -1.12. The summed E-state index contributed by atoms with van der Waals surface area (Å²) in [4.78, 5) is 14.4. The van der Waals surface area contributed by atoms with Crippen LogP contribution in [0.1, 0.15) is 25.7 Å². The predicted molar refractivity (Wildman–Crippen MR) is 69.3 cm³/mol. The average molecular weight is 266 g/mol. The molecule has 0 N–H and O–H groups in total. The monoisotopic (exact) mass is 266 g/mol. The number of nitriles is 1. The van der Waals surface area contributed by atoms with Crippen LogP contribution >= 0.6 is 0 Å². The van der Waals surface area contributed by atoms with E-state index in [1.54, 1.807) is 7.11 Å². The lowest BCUT2D eigenvalue weighted by Crippen LogP contribution is -2.49. The molecule has 0 unspecified atom stereocenters. The van der Waals surface area contributed by atoms with Crippen LogP contribution in [0.3, 0.4) is 0 Å². The van der Waals surface area contributed by atoms with Gasteiger partial charge in [0.05, 0.1) is 6.07 Å². The van der Waals surface area contributed by atoms with Crippen molar-refractivity contribution in [1.29, 1.82) is 5.26 Å². The summed E-state index contributed by atoms with van der Waals surface area (Å²) in [6.45, 7) is 3.28. The van der Waals surface area contributed by atoms with Crippen molar-refractivity contribution in [2.45, 2.75) is 25.7 Å². The van der Waals surface area contributed by atoms with E-state index >= 15 is 0 Å². The van der Waals surface area contributed by atoms with Gasteiger partial charge in [0.1, 0.15) is 5.41 Å². The van der Waals surface area contributed by atoms with Crippen LogP contribution in [0, 0.1) is 22.7 Å². The van der Waals surface area contributed by atoms with Crippen LogP contribution in [0.25, 0.3) is 0 Å². The Bertz CT molecular complexity index is 350. The number of piperidine rings is 1. The van der Waals surface area contributed by atoms with Gasteiger partial charge in [-0.3, -0.25) is 4.79 Å². The van der Waals surface area contributed by atoms with Gasteiger partial charge in [0.25, 0.3) is 0 Å². The molecule has 0 aromatic heterocycles. The molecule has 2 saturated heterocycles. The number of ether oxygens (including phenoxy) is 2. The fourth-order valence-corrected chi connectivity index (χ4v) is 2.93. The zero-order chi connectivity index (χ0) is 13.7. The Morgan fingerprint density at radius 1 is 1.42 bits per heavy atom. The second kappa shape index (κ2) is 6.36. The van der Waals surface area contributed by atoms with Gasteiger partial charge < -0.3 is 14.4 Å². The lowest BCUT2D eigenvalue weighted by molar-refractivity contribution is -0.145. The zero-order valence-corrected chi connectivity index (χ0v) is 11.6. The molecule has 2 aliphatic rings. The van der Waals surface area contributed by atoms with Gasteiger partial charge in [0, 0.05) is 40.0 Å². The summed E-state index contributed by atoms with van der Waals surface area (Å²) in [5.41, 5.74) is -0.841. The molecule has 0 spiro atoms. The molecule has 2 aliphatic heterocycles. The number of amides is 1. The molecule has 0 aromatic rings. The number of hydrogen-bond acceptors (Lipinski definition) is 4. The summed E-state index contributed by atoms with van der Waals surface area (Å²) >= 11 is 0. The summed E-state index contributed by atoms with van der Waals surface area (Å²) in [5.74, 6) is 0.552. The highest BCUT2D eigenvalue weighted by Crippen LogP contribution is 2.33. The van der Waals surface area contributed by atoms with Crippen molar-refractivity contribution < 1.29 is 14.3 Å². The summed E-state index contributed by atoms with van der Waals surface area (Å²) in [6.07, 6.45) is 3.00. The Morgan fingerprint density at radius 3 is 2.58 bits per heavy atom. The topological polar surface area (TPSA) is 62.6 Å². The minimum Gasteiger partial charge on any atom is -0.384 e. The molecule has 5 nitrogen and oxygen atoms in total. The van der Waals surface area contributed by atoms with E-state index in [2.05, 4.69) is 6.07 Å². The Balaban J connectivity index is 1.95. The minimum atomic E-state index is -0.841. The van der Waals surface area contributed by atoms with Gasteiger partial charge >= 0.3 is 0 Å². The van der Waals surface area contributed by atoms with Crippen molar-refractivity contribution >= 4 is 5.91 Å². The number of nitrogens with zero attached hydrogens (tertiary/aromatic N) is 2. The summed E-state index contributed by atoms with van der Waals surface area (Å²) in [7, 11) is 1.71. The number of hydrogen-bond donors (Lipinski definition) is 0. The third kappa shape index (κ3) is 3.07. The molecule has 0 atom stereocenters. The van der Waals surface area contributed by atoms with Crippen molar-refractivity contribution in [2.24, 2.45) is 11.3 Å². The first-order valence-corrected chi connectivity index (χ1v) is 6.99. The predicted octanol–water partition coefficient (Wildman–Crippen LogP) is 1.19. The van der Waals surface area contributed by atoms with E-state index in [1.807, 2.05) is 4.90 Å². The van der Waals surface area contributed by atoms with Gasteiger partial charge in [-0.05, 0) is 31.6 Å². The third-order valence-electron chi connectivity index (χ3n) is 4.27. The quantitative estimate of drug-likeness (QED) is 0.770. The zero-order valence-electron chi connectivity index (χ0n) is 11.6. The van der Waals surface area contributed by atoms with Gasteiger partial charge in [0.15, 0.2) is 0 Å². The molecule has 0 aliphatic carbocycles. The van der Waals surface area contributed by atoms with Crippen LogP contribution in [0.5, 0.6) is 0 Å². The molecule has 0 radical (unpaired) electrons. The molecule has 106 valence electrons. The summed E-state index contributed by atoms with van der Waals surface area (Å²) in [5, 5.41) is 9.41. The second-order valence-corrected chi connectivity index (χ2v) is 5.50. The lowest BCUT2D eigenvalue weighted by Gasteiger charge is -2.38. The Kier molecular flexibility index (Phi) is 4.78. The maximum atomic E-state index is 12.6. The van der Waals surface area contributed by atoms with E-state index in [0.29, 0.717) is 32.0 Å². The Morgan fingerprint density at radius 2 is 2.05 bits per heavy atom. The van der Waals surface area contributed by atoms with Crippen LogP contribution < -0.4 is 0 Å². The number of methoxy groups -OCH3 is 1. The van der Waals surface area contributed by atoms with Gasteiger partial charge in [0.2, 0.25) is 5.91 Å². The van der Waals surface area contributed by atoms with Crippen LogP contribution in [0.2, 0.25) is 0 Å². The van der Waals surface area contributed by atoms with Crippen molar-refractivity contribution in [3.8, 4) is 6.07 Å². The third-order valence-corrected chi connectivity index (χ3v) is 4.27. The summed E-state index contributed by atoms with van der Waals surface area (Å²) in [6, 6.07) is 2.25. The Labute approximate surface area is 114 Å². The highest BCUT2D eigenvalue weighted by Gasteiger charge is 2.43. The molecule has 5 heteroatoms. The molecular weight excluding hydrogens is 244 g/mol.